The van der Waals surface area contributed by atoms with E-state index in [1.54, 1.807) is 0 Å². The van der Waals surface area contributed by atoms with Gasteiger partial charge >= 0.3 is 0 Å². The Labute approximate surface area is 183 Å². The van der Waals surface area contributed by atoms with Crippen LogP contribution in [0.15, 0.2) is 36.4 Å². The van der Waals surface area contributed by atoms with Crippen LogP contribution in [-0.2, 0) is 6.42 Å². The van der Waals surface area contributed by atoms with Crippen LogP contribution in [-0.4, -0.2) is 52.4 Å². The lowest BCUT2D eigenvalue weighted by Crippen LogP contribution is -2.43. The highest BCUT2D eigenvalue weighted by molar-refractivity contribution is 6.32. The van der Waals surface area contributed by atoms with Gasteiger partial charge in [-0.25, -0.2) is 0 Å². The Morgan fingerprint density at radius 2 is 1.07 bits per heavy atom. The Morgan fingerprint density at radius 1 is 0.679 bits per heavy atom. The zero-order valence-corrected chi connectivity index (χ0v) is 18.2. The van der Waals surface area contributed by atoms with Gasteiger partial charge in [-0.2, -0.15) is 0 Å². The van der Waals surface area contributed by atoms with Crippen LogP contribution in [0.3, 0.4) is 0 Å². The van der Waals surface area contributed by atoms with Crippen molar-refractivity contribution in [2.24, 2.45) is 0 Å². The van der Waals surface area contributed by atoms with Crippen molar-refractivity contribution in [2.45, 2.75) is 6.42 Å². The van der Waals surface area contributed by atoms with Gasteiger partial charge in [0.05, 0.1) is 0 Å². The molecule has 0 atom stereocenters. The minimum absolute atomic E-state index is 0. The van der Waals surface area contributed by atoms with E-state index in [1.807, 2.05) is 0 Å². The topological polar surface area (TPSA) is 30.5 Å². The van der Waals surface area contributed by atoms with Crippen molar-refractivity contribution in [1.82, 2.24) is 10.6 Å². The number of hydrogen-bond acceptors (Lipinski definition) is 4. The fourth-order valence-electron chi connectivity index (χ4n) is 3.80. The molecule has 0 spiro atoms. The number of anilines is 2. The minimum Gasteiger partial charge on any atom is -0.369 e. The Morgan fingerprint density at radius 3 is 1.43 bits per heavy atom. The molecule has 2 fully saturated rings. The van der Waals surface area contributed by atoms with Gasteiger partial charge in [-0.1, -0.05) is 35.3 Å². The predicted molar refractivity (Wildman–Crippen MR) is 123 cm³/mol. The molecule has 0 saturated carbocycles. The summed E-state index contributed by atoms with van der Waals surface area (Å²) in [6.07, 6.45) is 0.751. The van der Waals surface area contributed by atoms with E-state index in [-0.39, 0.29) is 12.4 Å². The van der Waals surface area contributed by atoms with Crippen molar-refractivity contribution in [1.29, 1.82) is 0 Å². The standard InChI is InChI=1S/C21H26Cl2N4.ClH/c22-20-14-18(26-9-5-24-6-10-26)3-1-16(20)13-17-2-4-19(15-21(17)23)27-11-7-25-8-12-27;/h1-4,14-15,24-25H,5-13H2;1H. The van der Waals surface area contributed by atoms with Gasteiger partial charge in [0.2, 0.25) is 0 Å². The van der Waals surface area contributed by atoms with Crippen LogP contribution >= 0.6 is 35.6 Å². The third-order valence-corrected chi connectivity index (χ3v) is 6.12. The summed E-state index contributed by atoms with van der Waals surface area (Å²) in [5.74, 6) is 0. The average Bonchev–Trinajstić information content (AvgIpc) is 2.72. The molecule has 2 aromatic rings. The first-order valence-electron chi connectivity index (χ1n) is 9.69. The highest BCUT2D eigenvalue weighted by Gasteiger charge is 2.15. The number of halogens is 3. The van der Waals surface area contributed by atoms with Crippen LogP contribution in [0.2, 0.25) is 10.0 Å². The zero-order chi connectivity index (χ0) is 18.6. The Balaban J connectivity index is 0.00000225. The van der Waals surface area contributed by atoms with E-state index in [0.29, 0.717) is 0 Å². The molecule has 4 rings (SSSR count). The van der Waals surface area contributed by atoms with E-state index >= 15 is 0 Å². The lowest BCUT2D eigenvalue weighted by Gasteiger charge is -2.30. The second-order valence-corrected chi connectivity index (χ2v) is 8.02. The van der Waals surface area contributed by atoms with Gasteiger partial charge in [0.1, 0.15) is 0 Å². The summed E-state index contributed by atoms with van der Waals surface area (Å²) in [5.41, 5.74) is 4.63. The third-order valence-electron chi connectivity index (χ3n) is 5.42. The van der Waals surface area contributed by atoms with Gasteiger partial charge in [0.25, 0.3) is 0 Å². The molecule has 28 heavy (non-hydrogen) atoms. The molecular weight excluding hydrogens is 415 g/mol. The Kier molecular flexibility index (Phi) is 7.72. The Hall–Kier alpha value is -1.17. The van der Waals surface area contributed by atoms with E-state index in [1.165, 1.54) is 11.4 Å². The van der Waals surface area contributed by atoms with E-state index in [4.69, 9.17) is 23.2 Å². The van der Waals surface area contributed by atoms with E-state index in [0.717, 1.165) is 80.0 Å². The molecule has 0 aromatic heterocycles. The fraction of sp³-hybridized carbons (Fsp3) is 0.429. The molecular formula is C21H27Cl3N4. The highest BCUT2D eigenvalue weighted by Crippen LogP contribution is 2.30. The average molecular weight is 442 g/mol. The minimum atomic E-state index is 0. The molecule has 0 aliphatic carbocycles. The molecule has 2 N–H and O–H groups in total. The van der Waals surface area contributed by atoms with E-state index in [2.05, 4.69) is 56.8 Å². The summed E-state index contributed by atoms with van der Waals surface area (Å²) in [5, 5.41) is 8.39. The van der Waals surface area contributed by atoms with Crippen LogP contribution in [0.1, 0.15) is 11.1 Å². The zero-order valence-electron chi connectivity index (χ0n) is 15.9. The number of hydrogen-bond donors (Lipinski definition) is 2. The third kappa shape index (κ3) is 5.05. The predicted octanol–water partition coefficient (Wildman–Crippen LogP) is 3.83. The number of nitrogens with zero attached hydrogens (tertiary/aromatic N) is 2. The van der Waals surface area contributed by atoms with Gasteiger partial charge in [-0.3, -0.25) is 0 Å². The van der Waals surface area contributed by atoms with Crippen molar-refractivity contribution >= 4 is 47.0 Å². The molecule has 152 valence electrons. The van der Waals surface area contributed by atoms with Crippen molar-refractivity contribution in [3.63, 3.8) is 0 Å². The van der Waals surface area contributed by atoms with Crippen LogP contribution in [0.25, 0.3) is 0 Å². The summed E-state index contributed by atoms with van der Waals surface area (Å²) in [6, 6.07) is 12.8. The number of rotatable bonds is 4. The summed E-state index contributed by atoms with van der Waals surface area (Å²) >= 11 is 13.2. The molecule has 0 bridgehead atoms. The second-order valence-electron chi connectivity index (χ2n) is 7.20. The fourth-order valence-corrected chi connectivity index (χ4v) is 4.29. The monoisotopic (exact) mass is 440 g/mol. The molecule has 0 radical (unpaired) electrons. The first kappa shape index (κ1) is 21.5. The van der Waals surface area contributed by atoms with Crippen LogP contribution in [0.5, 0.6) is 0 Å². The Bertz CT molecular complexity index is 722. The summed E-state index contributed by atoms with van der Waals surface area (Å²) in [6.45, 7) is 8.18. The first-order valence-corrected chi connectivity index (χ1v) is 10.4. The number of benzene rings is 2. The van der Waals surface area contributed by atoms with Crippen molar-refractivity contribution < 1.29 is 0 Å². The van der Waals surface area contributed by atoms with Crippen molar-refractivity contribution in [3.8, 4) is 0 Å². The van der Waals surface area contributed by atoms with Gasteiger partial charge in [0.15, 0.2) is 0 Å². The molecule has 2 saturated heterocycles. The van der Waals surface area contributed by atoms with Crippen LogP contribution in [0.4, 0.5) is 11.4 Å². The lowest BCUT2D eigenvalue weighted by atomic mass is 10.0. The van der Waals surface area contributed by atoms with Gasteiger partial charge in [-0.15, -0.1) is 12.4 Å². The van der Waals surface area contributed by atoms with Crippen molar-refractivity contribution in [3.05, 3.63) is 57.6 Å². The number of nitrogens with one attached hydrogen (secondary N) is 2. The van der Waals surface area contributed by atoms with Gasteiger partial charge < -0.3 is 20.4 Å². The SMILES string of the molecule is Cl.Clc1cc(N2CCNCC2)ccc1Cc1ccc(N2CCNCC2)cc1Cl. The summed E-state index contributed by atoms with van der Waals surface area (Å²) in [7, 11) is 0. The summed E-state index contributed by atoms with van der Waals surface area (Å²) < 4.78 is 0. The summed E-state index contributed by atoms with van der Waals surface area (Å²) in [4.78, 5) is 4.75. The van der Waals surface area contributed by atoms with Gasteiger partial charge in [-0.05, 0) is 35.4 Å². The molecule has 2 aliphatic heterocycles. The molecule has 2 aliphatic rings. The molecule has 4 nitrogen and oxygen atoms in total. The molecule has 2 aromatic carbocycles. The largest absolute Gasteiger partial charge is 0.369 e. The smallest absolute Gasteiger partial charge is 0.0461 e. The highest BCUT2D eigenvalue weighted by atomic mass is 35.5. The molecule has 2 heterocycles. The van der Waals surface area contributed by atoms with Crippen LogP contribution < -0.4 is 20.4 Å². The maximum absolute atomic E-state index is 6.60. The van der Waals surface area contributed by atoms with Crippen LogP contribution in [0, 0.1) is 0 Å². The molecule has 0 unspecified atom stereocenters. The van der Waals surface area contributed by atoms with E-state index < -0.39 is 0 Å². The van der Waals surface area contributed by atoms with E-state index in [9.17, 15) is 0 Å². The first-order chi connectivity index (χ1) is 13.2. The lowest BCUT2D eigenvalue weighted by molar-refractivity contribution is 0.589. The molecule has 0 amide bonds. The normalized spacial score (nSPS) is 17.4. The molecule has 7 heteroatoms. The second kappa shape index (κ2) is 10.0. The maximum atomic E-state index is 6.60. The quantitative estimate of drug-likeness (QED) is 0.755. The van der Waals surface area contributed by atoms with Gasteiger partial charge in [0, 0.05) is 80.2 Å². The number of piperazine rings is 2. The maximum Gasteiger partial charge on any atom is 0.0461 e. The van der Waals surface area contributed by atoms with Crippen molar-refractivity contribution in [2.75, 3.05) is 62.2 Å².